The standard InChI is InChI=1S/C29H34O4/c1-3-33-27(32)15-6-18-4-7-19(8-5-18)24-17-29(2)25(13-14-26(29)31)23-11-9-20-16-21(30)10-12-22(20)28(23)24/h4-8,15-16,23-26,31H,3,9-14,17H2,1-2H3/b15-6+. The number of benzene rings is 1. The van der Waals surface area contributed by atoms with Gasteiger partial charge < -0.3 is 9.84 Å². The molecule has 4 aliphatic carbocycles. The second kappa shape index (κ2) is 8.72. The summed E-state index contributed by atoms with van der Waals surface area (Å²) in [5.74, 6) is 1.22. The van der Waals surface area contributed by atoms with Crippen LogP contribution in [0.15, 0.2) is 53.1 Å². The smallest absolute Gasteiger partial charge is 0.330 e. The molecule has 0 heterocycles. The lowest BCUT2D eigenvalue weighted by molar-refractivity contribution is -0.137. The molecule has 0 bridgehead atoms. The summed E-state index contributed by atoms with van der Waals surface area (Å²) < 4.78 is 4.98. The van der Waals surface area contributed by atoms with Gasteiger partial charge in [-0.1, -0.05) is 36.8 Å². The number of carbonyl (C=O) groups excluding carboxylic acids is 2. The van der Waals surface area contributed by atoms with E-state index in [0.717, 1.165) is 44.1 Å². The highest BCUT2D eigenvalue weighted by Gasteiger charge is 2.56. The van der Waals surface area contributed by atoms with E-state index in [0.29, 0.717) is 24.9 Å². The zero-order valence-electron chi connectivity index (χ0n) is 19.7. The quantitative estimate of drug-likeness (QED) is 0.488. The normalized spacial score (nSPS) is 33.4. The molecule has 5 unspecified atom stereocenters. The first-order valence-electron chi connectivity index (χ1n) is 12.5. The second-order valence-electron chi connectivity index (χ2n) is 10.4. The van der Waals surface area contributed by atoms with Gasteiger partial charge in [0.1, 0.15) is 0 Å². The molecule has 1 N–H and O–H groups in total. The van der Waals surface area contributed by atoms with Crippen LogP contribution in [0.2, 0.25) is 0 Å². The average Bonchev–Trinajstić information content (AvgIpc) is 3.11. The number of esters is 1. The number of carbonyl (C=O) groups is 2. The molecule has 5 rings (SSSR count). The third-order valence-electron chi connectivity index (χ3n) is 8.72. The number of allylic oxidation sites excluding steroid dienone is 4. The van der Waals surface area contributed by atoms with Crippen LogP contribution in [0, 0.1) is 17.3 Å². The summed E-state index contributed by atoms with van der Waals surface area (Å²) in [6, 6.07) is 8.48. The predicted octanol–water partition coefficient (Wildman–Crippen LogP) is 5.52. The Morgan fingerprint density at radius 2 is 1.94 bits per heavy atom. The van der Waals surface area contributed by atoms with E-state index < -0.39 is 0 Å². The van der Waals surface area contributed by atoms with E-state index in [1.165, 1.54) is 22.8 Å². The van der Waals surface area contributed by atoms with Gasteiger partial charge in [0.25, 0.3) is 0 Å². The van der Waals surface area contributed by atoms with Crippen LogP contribution in [-0.4, -0.2) is 29.6 Å². The Morgan fingerprint density at radius 3 is 2.70 bits per heavy atom. The fourth-order valence-electron chi connectivity index (χ4n) is 7.13. The van der Waals surface area contributed by atoms with Gasteiger partial charge in [-0.2, -0.15) is 0 Å². The summed E-state index contributed by atoms with van der Waals surface area (Å²) >= 11 is 0. The summed E-state index contributed by atoms with van der Waals surface area (Å²) in [5, 5.41) is 11.0. The molecule has 0 spiro atoms. The van der Waals surface area contributed by atoms with Crippen molar-refractivity contribution in [3.8, 4) is 0 Å². The van der Waals surface area contributed by atoms with Crippen molar-refractivity contribution in [2.75, 3.05) is 6.61 Å². The molecule has 4 heteroatoms. The minimum Gasteiger partial charge on any atom is -0.463 e. The molecule has 2 fully saturated rings. The summed E-state index contributed by atoms with van der Waals surface area (Å²) in [5.41, 5.74) is 6.42. The number of aliphatic hydroxyl groups is 1. The number of fused-ring (bicyclic) bond motifs is 4. The van der Waals surface area contributed by atoms with Crippen LogP contribution >= 0.6 is 0 Å². The number of rotatable bonds is 4. The van der Waals surface area contributed by atoms with Crippen LogP contribution in [-0.2, 0) is 14.3 Å². The van der Waals surface area contributed by atoms with Crippen molar-refractivity contribution in [2.45, 2.75) is 70.8 Å². The van der Waals surface area contributed by atoms with Crippen molar-refractivity contribution >= 4 is 17.8 Å². The molecular weight excluding hydrogens is 412 g/mol. The molecule has 174 valence electrons. The SMILES string of the molecule is CCOC(=O)/C=C/c1ccc(C2CC3(C)C(O)CCC3C3CCC4=CC(=O)CCC4=C23)cc1. The molecule has 4 nitrogen and oxygen atoms in total. The van der Waals surface area contributed by atoms with E-state index in [1.807, 2.05) is 6.08 Å². The van der Waals surface area contributed by atoms with Gasteiger partial charge in [0.2, 0.25) is 0 Å². The van der Waals surface area contributed by atoms with E-state index in [-0.39, 0.29) is 29.2 Å². The van der Waals surface area contributed by atoms with E-state index >= 15 is 0 Å². The summed E-state index contributed by atoms with van der Waals surface area (Å²) in [7, 11) is 0. The largest absolute Gasteiger partial charge is 0.463 e. The molecule has 1 aromatic carbocycles. The molecule has 0 saturated heterocycles. The van der Waals surface area contributed by atoms with Crippen molar-refractivity contribution in [1.82, 2.24) is 0 Å². The zero-order chi connectivity index (χ0) is 23.2. The number of ketones is 1. The van der Waals surface area contributed by atoms with Crippen molar-refractivity contribution in [3.63, 3.8) is 0 Å². The Labute approximate surface area is 196 Å². The Hall–Kier alpha value is -2.46. The van der Waals surface area contributed by atoms with Gasteiger partial charge >= 0.3 is 5.97 Å². The molecule has 5 atom stereocenters. The monoisotopic (exact) mass is 446 g/mol. The van der Waals surface area contributed by atoms with Gasteiger partial charge in [-0.3, -0.25) is 4.79 Å². The van der Waals surface area contributed by atoms with Crippen LogP contribution in [0.1, 0.15) is 75.8 Å². The first-order chi connectivity index (χ1) is 15.9. The minimum atomic E-state index is -0.328. The highest BCUT2D eigenvalue weighted by Crippen LogP contribution is 2.63. The summed E-state index contributed by atoms with van der Waals surface area (Å²) in [6.07, 6.45) is 11.4. The van der Waals surface area contributed by atoms with Gasteiger partial charge in [-0.25, -0.2) is 4.79 Å². The van der Waals surface area contributed by atoms with E-state index in [2.05, 4.69) is 31.2 Å². The second-order valence-corrected chi connectivity index (χ2v) is 10.4. The maximum absolute atomic E-state index is 12.1. The number of aliphatic hydroxyl groups excluding tert-OH is 1. The Balaban J connectivity index is 1.53. The summed E-state index contributed by atoms with van der Waals surface area (Å²) in [6.45, 7) is 4.47. The van der Waals surface area contributed by atoms with Crippen molar-refractivity contribution in [3.05, 3.63) is 64.3 Å². The molecule has 0 amide bonds. The topological polar surface area (TPSA) is 63.6 Å². The maximum Gasteiger partial charge on any atom is 0.330 e. The van der Waals surface area contributed by atoms with Crippen LogP contribution in [0.5, 0.6) is 0 Å². The predicted molar refractivity (Wildman–Crippen MR) is 128 cm³/mol. The zero-order valence-corrected chi connectivity index (χ0v) is 19.7. The lowest BCUT2D eigenvalue weighted by Crippen LogP contribution is -2.45. The van der Waals surface area contributed by atoms with Gasteiger partial charge in [0, 0.05) is 18.4 Å². The first-order valence-corrected chi connectivity index (χ1v) is 12.5. The Bertz CT molecular complexity index is 1040. The Morgan fingerprint density at radius 1 is 1.15 bits per heavy atom. The molecule has 0 radical (unpaired) electrons. The van der Waals surface area contributed by atoms with Gasteiger partial charge in [0.15, 0.2) is 5.78 Å². The number of hydrogen-bond acceptors (Lipinski definition) is 4. The molecule has 4 aliphatic rings. The van der Waals surface area contributed by atoms with E-state index in [4.69, 9.17) is 4.74 Å². The highest BCUT2D eigenvalue weighted by atomic mass is 16.5. The van der Waals surface area contributed by atoms with Crippen LogP contribution in [0.25, 0.3) is 6.08 Å². The van der Waals surface area contributed by atoms with Gasteiger partial charge in [0.05, 0.1) is 12.7 Å². The average molecular weight is 447 g/mol. The van der Waals surface area contributed by atoms with E-state index in [9.17, 15) is 14.7 Å². The fraction of sp³-hybridized carbons (Fsp3) is 0.517. The van der Waals surface area contributed by atoms with Gasteiger partial charge in [-0.05, 0) is 97.1 Å². The third-order valence-corrected chi connectivity index (χ3v) is 8.72. The number of hydrogen-bond donors (Lipinski definition) is 1. The first kappa shape index (κ1) is 22.3. The molecule has 1 aromatic rings. The van der Waals surface area contributed by atoms with Crippen LogP contribution in [0.4, 0.5) is 0 Å². The Kier molecular flexibility index (Phi) is 5.90. The molecule has 2 saturated carbocycles. The van der Waals surface area contributed by atoms with Crippen molar-refractivity contribution in [2.24, 2.45) is 17.3 Å². The molecular formula is C29H34O4. The van der Waals surface area contributed by atoms with Crippen molar-refractivity contribution < 1.29 is 19.4 Å². The van der Waals surface area contributed by atoms with E-state index in [1.54, 1.807) is 18.6 Å². The molecule has 33 heavy (non-hydrogen) atoms. The third kappa shape index (κ3) is 3.93. The maximum atomic E-state index is 12.1. The lowest BCUT2D eigenvalue weighted by Gasteiger charge is -2.52. The van der Waals surface area contributed by atoms with Crippen LogP contribution in [0.3, 0.4) is 0 Å². The fourth-order valence-corrected chi connectivity index (χ4v) is 7.13. The highest BCUT2D eigenvalue weighted by molar-refractivity contribution is 5.93. The molecule has 0 aliphatic heterocycles. The van der Waals surface area contributed by atoms with Gasteiger partial charge in [-0.15, -0.1) is 0 Å². The minimum absolute atomic E-state index is 0.0619. The van der Waals surface area contributed by atoms with Crippen molar-refractivity contribution in [1.29, 1.82) is 0 Å². The number of ether oxygens (including phenoxy) is 1. The molecule has 0 aromatic heterocycles. The van der Waals surface area contributed by atoms with Crippen LogP contribution < -0.4 is 0 Å². The lowest BCUT2D eigenvalue weighted by atomic mass is 9.53. The summed E-state index contributed by atoms with van der Waals surface area (Å²) in [4.78, 5) is 23.8.